The molecular weight excluding hydrogens is 283 g/mol. The molecule has 0 bridgehead atoms. The smallest absolute Gasteiger partial charge is 0.240 e. The molecule has 1 N–H and O–H groups in total. The summed E-state index contributed by atoms with van der Waals surface area (Å²) in [4.78, 5) is 9.72. The van der Waals surface area contributed by atoms with E-state index >= 15 is 0 Å². The Labute approximate surface area is 128 Å². The highest BCUT2D eigenvalue weighted by atomic mass is 19.1. The van der Waals surface area contributed by atoms with Crippen LogP contribution in [0, 0.1) is 5.82 Å². The van der Waals surface area contributed by atoms with Crippen LogP contribution in [-0.4, -0.2) is 27.1 Å². The molecule has 2 aromatic heterocycles. The summed E-state index contributed by atoms with van der Waals surface area (Å²) in [6, 6.07) is 6.70. The van der Waals surface area contributed by atoms with Crippen LogP contribution in [0.3, 0.4) is 0 Å². The molecule has 0 radical (unpaired) electrons. The minimum atomic E-state index is -0.224. The average molecular weight is 302 g/mol. The van der Waals surface area contributed by atoms with E-state index in [9.17, 15) is 4.39 Å². The Balaban J connectivity index is 1.68. The predicted molar refractivity (Wildman–Crippen MR) is 81.8 cm³/mol. The predicted octanol–water partition coefficient (Wildman–Crippen LogP) is 3.45. The lowest BCUT2D eigenvalue weighted by atomic mass is 10.2. The molecule has 0 aliphatic carbocycles. The van der Waals surface area contributed by atoms with Gasteiger partial charge in [-0.1, -0.05) is 19.0 Å². The second-order valence-electron chi connectivity index (χ2n) is 5.90. The van der Waals surface area contributed by atoms with Gasteiger partial charge >= 0.3 is 0 Å². The quantitative estimate of drug-likeness (QED) is 0.784. The molecule has 22 heavy (non-hydrogen) atoms. The number of hydrogen-bond acceptors (Lipinski definition) is 4. The highest BCUT2D eigenvalue weighted by molar-refractivity contribution is 5.80. The fourth-order valence-electron chi connectivity index (χ4n) is 2.39. The molecule has 0 saturated carbocycles. The van der Waals surface area contributed by atoms with Crippen molar-refractivity contribution in [3.8, 4) is 0 Å². The first kappa shape index (κ1) is 14.7. The summed E-state index contributed by atoms with van der Waals surface area (Å²) in [5.41, 5.74) is 1.95. The van der Waals surface area contributed by atoms with Crippen molar-refractivity contribution in [2.45, 2.75) is 32.9 Å². The molecule has 3 rings (SSSR count). The van der Waals surface area contributed by atoms with Gasteiger partial charge in [-0.15, -0.1) is 0 Å². The maximum Gasteiger partial charge on any atom is 0.240 e. The van der Waals surface area contributed by atoms with Crippen molar-refractivity contribution < 1.29 is 8.91 Å². The molecule has 0 spiro atoms. The molecule has 0 unspecified atom stereocenters. The van der Waals surface area contributed by atoms with Crippen LogP contribution in [0.2, 0.25) is 0 Å². The van der Waals surface area contributed by atoms with Crippen LogP contribution >= 0.6 is 0 Å². The van der Waals surface area contributed by atoms with Crippen LogP contribution in [0.15, 0.2) is 28.8 Å². The average Bonchev–Trinajstić information content (AvgIpc) is 3.04. The molecule has 0 atom stereocenters. The van der Waals surface area contributed by atoms with Gasteiger partial charge in [-0.3, -0.25) is 4.90 Å². The second kappa shape index (κ2) is 5.88. The van der Waals surface area contributed by atoms with Gasteiger partial charge in [0.05, 0.1) is 6.54 Å². The van der Waals surface area contributed by atoms with Crippen molar-refractivity contribution in [1.82, 2.24) is 20.0 Å². The summed E-state index contributed by atoms with van der Waals surface area (Å²) in [5, 5.41) is 4.84. The van der Waals surface area contributed by atoms with Crippen LogP contribution in [0.1, 0.15) is 37.2 Å². The zero-order valence-electron chi connectivity index (χ0n) is 12.9. The number of nitrogens with one attached hydrogen (secondary N) is 1. The van der Waals surface area contributed by atoms with Crippen molar-refractivity contribution in [3.63, 3.8) is 0 Å². The van der Waals surface area contributed by atoms with Crippen LogP contribution in [0.4, 0.5) is 4.39 Å². The first-order valence-electron chi connectivity index (χ1n) is 7.29. The van der Waals surface area contributed by atoms with Crippen molar-refractivity contribution in [1.29, 1.82) is 0 Å². The topological polar surface area (TPSA) is 58.0 Å². The maximum atomic E-state index is 13.2. The van der Waals surface area contributed by atoms with Crippen LogP contribution in [0.25, 0.3) is 10.9 Å². The van der Waals surface area contributed by atoms with E-state index in [1.54, 1.807) is 6.07 Å². The molecule has 2 heterocycles. The van der Waals surface area contributed by atoms with E-state index in [0.717, 1.165) is 22.4 Å². The highest BCUT2D eigenvalue weighted by Gasteiger charge is 2.12. The monoisotopic (exact) mass is 302 g/mol. The number of fused-ring (bicyclic) bond motifs is 1. The van der Waals surface area contributed by atoms with E-state index in [0.29, 0.717) is 19.0 Å². The Kier molecular flexibility index (Phi) is 3.94. The third kappa shape index (κ3) is 3.17. The third-order valence-electron chi connectivity index (χ3n) is 3.48. The Bertz CT molecular complexity index is 777. The van der Waals surface area contributed by atoms with Gasteiger partial charge in [0.1, 0.15) is 5.82 Å². The standard InChI is InChI=1S/C16H19FN4O/c1-10(2)16-19-15(22-20-16)9-21(3)8-13-7-11-6-12(17)4-5-14(11)18-13/h4-7,10,18H,8-9H2,1-3H3. The number of hydrogen-bond donors (Lipinski definition) is 1. The van der Waals surface area contributed by atoms with Gasteiger partial charge in [0.15, 0.2) is 5.82 Å². The molecular formula is C16H19FN4O. The van der Waals surface area contributed by atoms with Gasteiger partial charge in [-0.2, -0.15) is 4.98 Å². The van der Waals surface area contributed by atoms with E-state index < -0.39 is 0 Å². The highest BCUT2D eigenvalue weighted by Crippen LogP contribution is 2.18. The summed E-state index contributed by atoms with van der Waals surface area (Å²) in [7, 11) is 1.98. The molecule has 0 saturated heterocycles. The molecule has 0 amide bonds. The second-order valence-corrected chi connectivity index (χ2v) is 5.90. The molecule has 5 nitrogen and oxygen atoms in total. The Morgan fingerprint density at radius 3 is 2.82 bits per heavy atom. The number of benzene rings is 1. The minimum absolute atomic E-state index is 0.224. The van der Waals surface area contributed by atoms with Gasteiger partial charge in [0.2, 0.25) is 5.89 Å². The summed E-state index contributed by atoms with van der Waals surface area (Å²) >= 11 is 0. The third-order valence-corrected chi connectivity index (χ3v) is 3.48. The van der Waals surface area contributed by atoms with Crippen molar-refractivity contribution in [2.75, 3.05) is 7.05 Å². The normalized spacial score (nSPS) is 11.9. The molecule has 0 fully saturated rings. The largest absolute Gasteiger partial charge is 0.357 e. The molecule has 6 heteroatoms. The lowest BCUT2D eigenvalue weighted by Gasteiger charge is -2.12. The summed E-state index contributed by atoms with van der Waals surface area (Å²) in [6.45, 7) is 5.32. The molecule has 0 aliphatic rings. The molecule has 0 aliphatic heterocycles. The number of rotatable bonds is 5. The van der Waals surface area contributed by atoms with E-state index in [4.69, 9.17) is 4.52 Å². The Morgan fingerprint density at radius 1 is 1.27 bits per heavy atom. The number of aromatic amines is 1. The van der Waals surface area contributed by atoms with E-state index in [-0.39, 0.29) is 11.7 Å². The number of halogens is 1. The lowest BCUT2D eigenvalue weighted by Crippen LogP contribution is -2.17. The minimum Gasteiger partial charge on any atom is -0.357 e. The van der Waals surface area contributed by atoms with Gasteiger partial charge < -0.3 is 9.51 Å². The zero-order valence-corrected chi connectivity index (χ0v) is 12.9. The first-order valence-corrected chi connectivity index (χ1v) is 7.29. The van der Waals surface area contributed by atoms with Gasteiger partial charge in [0.25, 0.3) is 0 Å². The first-order chi connectivity index (χ1) is 10.5. The number of H-pyrrole nitrogens is 1. The van der Waals surface area contributed by atoms with Crippen LogP contribution in [-0.2, 0) is 13.1 Å². The van der Waals surface area contributed by atoms with E-state index in [1.807, 2.05) is 27.0 Å². The lowest BCUT2D eigenvalue weighted by molar-refractivity contribution is 0.258. The van der Waals surface area contributed by atoms with Crippen molar-refractivity contribution in [2.24, 2.45) is 0 Å². The Morgan fingerprint density at radius 2 is 2.09 bits per heavy atom. The zero-order chi connectivity index (χ0) is 15.7. The summed E-state index contributed by atoms with van der Waals surface area (Å²) < 4.78 is 18.5. The number of nitrogens with zero attached hydrogens (tertiary/aromatic N) is 3. The summed E-state index contributed by atoms with van der Waals surface area (Å²) in [5.74, 6) is 1.36. The van der Waals surface area contributed by atoms with Gasteiger partial charge in [-0.25, -0.2) is 4.39 Å². The van der Waals surface area contributed by atoms with Crippen molar-refractivity contribution >= 4 is 10.9 Å². The van der Waals surface area contributed by atoms with Crippen LogP contribution < -0.4 is 0 Å². The Hall–Kier alpha value is -2.21. The molecule has 116 valence electrons. The van der Waals surface area contributed by atoms with Gasteiger partial charge in [0, 0.05) is 29.1 Å². The fourth-order valence-corrected chi connectivity index (χ4v) is 2.39. The van der Waals surface area contributed by atoms with Crippen LogP contribution in [0.5, 0.6) is 0 Å². The maximum absolute atomic E-state index is 13.2. The SMILES string of the molecule is CC(C)c1noc(CN(C)Cc2cc3cc(F)ccc3[nH]2)n1. The molecule has 3 aromatic rings. The molecule has 1 aromatic carbocycles. The summed E-state index contributed by atoms with van der Waals surface area (Å²) in [6.07, 6.45) is 0. The van der Waals surface area contributed by atoms with Gasteiger partial charge in [-0.05, 0) is 31.3 Å². The van der Waals surface area contributed by atoms with E-state index in [1.165, 1.54) is 12.1 Å². The fraction of sp³-hybridized carbons (Fsp3) is 0.375. The number of aromatic nitrogens is 3. The van der Waals surface area contributed by atoms with Crippen molar-refractivity contribution in [3.05, 3.63) is 47.5 Å². The van der Waals surface area contributed by atoms with E-state index in [2.05, 4.69) is 20.0 Å².